The Morgan fingerprint density at radius 1 is 0.963 bits per heavy atom. The molecule has 0 bridgehead atoms. The maximum absolute atomic E-state index is 12.3. The Morgan fingerprint density at radius 2 is 1.70 bits per heavy atom. The van der Waals surface area contributed by atoms with E-state index in [0.717, 1.165) is 5.69 Å². The highest BCUT2D eigenvalue weighted by Crippen LogP contribution is 2.17. The average molecular weight is 388 g/mol. The van der Waals surface area contributed by atoms with Gasteiger partial charge in [0.2, 0.25) is 0 Å². The molecule has 144 valence electrons. The number of anilines is 1. The third kappa shape index (κ3) is 7.24. The summed E-state index contributed by atoms with van der Waals surface area (Å²) in [7, 11) is 0. The van der Waals surface area contributed by atoms with Crippen LogP contribution in [-0.2, 0) is 4.74 Å². The van der Waals surface area contributed by atoms with E-state index in [1.165, 1.54) is 0 Å². The number of ether oxygens (including phenoxy) is 3. The molecule has 0 radical (unpaired) electrons. The summed E-state index contributed by atoms with van der Waals surface area (Å²) in [5.41, 5.74) is 1.19. The van der Waals surface area contributed by atoms with E-state index in [-0.39, 0.29) is 11.0 Å². The van der Waals surface area contributed by atoms with Gasteiger partial charge in [-0.25, -0.2) is 0 Å². The second-order valence-corrected chi connectivity index (χ2v) is 5.85. The standard InChI is InChI=1S/C20H24N2O4S/c1-3-24-11-12-26-18-10-6-8-16(14-18)21-20(27)22-19(23)15-7-5-9-17(13-15)25-4-2/h5-10,13-14H,3-4,11-12H2,1-2H3,(H2,21,22,23,27). The maximum atomic E-state index is 12.3. The highest BCUT2D eigenvalue weighted by atomic mass is 32.1. The Hall–Kier alpha value is -2.64. The average Bonchev–Trinajstić information content (AvgIpc) is 2.66. The molecular weight excluding hydrogens is 364 g/mol. The van der Waals surface area contributed by atoms with Crippen molar-refractivity contribution in [2.45, 2.75) is 13.8 Å². The van der Waals surface area contributed by atoms with Crippen molar-refractivity contribution in [2.24, 2.45) is 0 Å². The molecule has 27 heavy (non-hydrogen) atoms. The summed E-state index contributed by atoms with van der Waals surface area (Å²) < 4.78 is 16.3. The van der Waals surface area contributed by atoms with Gasteiger partial charge in [-0.2, -0.15) is 0 Å². The molecule has 1 amide bonds. The monoisotopic (exact) mass is 388 g/mol. The van der Waals surface area contributed by atoms with Gasteiger partial charge < -0.3 is 19.5 Å². The summed E-state index contributed by atoms with van der Waals surface area (Å²) in [6.07, 6.45) is 0. The molecule has 2 rings (SSSR count). The maximum Gasteiger partial charge on any atom is 0.257 e. The Balaban J connectivity index is 1.89. The zero-order valence-electron chi connectivity index (χ0n) is 15.5. The number of nitrogens with one attached hydrogen (secondary N) is 2. The minimum Gasteiger partial charge on any atom is -0.494 e. The van der Waals surface area contributed by atoms with E-state index < -0.39 is 0 Å². The molecule has 0 saturated carbocycles. The second kappa shape index (κ2) is 11.2. The third-order valence-electron chi connectivity index (χ3n) is 3.43. The van der Waals surface area contributed by atoms with Crippen molar-refractivity contribution in [1.29, 1.82) is 0 Å². The highest BCUT2D eigenvalue weighted by molar-refractivity contribution is 7.80. The van der Waals surface area contributed by atoms with Crippen molar-refractivity contribution in [1.82, 2.24) is 5.32 Å². The molecule has 0 aliphatic carbocycles. The number of benzene rings is 2. The lowest BCUT2D eigenvalue weighted by molar-refractivity contribution is 0.0977. The molecule has 0 spiro atoms. The molecule has 0 heterocycles. The van der Waals surface area contributed by atoms with Crippen LogP contribution in [0.25, 0.3) is 0 Å². The van der Waals surface area contributed by atoms with Crippen molar-refractivity contribution in [3.05, 3.63) is 54.1 Å². The van der Waals surface area contributed by atoms with Gasteiger partial charge >= 0.3 is 0 Å². The quantitative estimate of drug-likeness (QED) is 0.505. The summed E-state index contributed by atoms with van der Waals surface area (Å²) in [5, 5.41) is 5.84. The van der Waals surface area contributed by atoms with E-state index in [1.54, 1.807) is 30.3 Å². The van der Waals surface area contributed by atoms with Gasteiger partial charge in [-0.05, 0) is 56.4 Å². The fraction of sp³-hybridized carbons (Fsp3) is 0.300. The minimum absolute atomic E-state index is 0.202. The normalized spacial score (nSPS) is 10.1. The van der Waals surface area contributed by atoms with Crippen LogP contribution in [0.15, 0.2) is 48.5 Å². The van der Waals surface area contributed by atoms with E-state index in [9.17, 15) is 4.79 Å². The number of hydrogen-bond donors (Lipinski definition) is 2. The zero-order valence-corrected chi connectivity index (χ0v) is 16.3. The summed E-state index contributed by atoms with van der Waals surface area (Å²) in [5.74, 6) is 1.03. The Labute approximate surface area is 164 Å². The molecule has 2 aromatic rings. The first kappa shape index (κ1) is 20.7. The molecule has 0 saturated heterocycles. The summed E-state index contributed by atoms with van der Waals surface area (Å²) in [6, 6.07) is 14.3. The minimum atomic E-state index is -0.307. The van der Waals surface area contributed by atoms with Gasteiger partial charge in [0, 0.05) is 23.9 Å². The van der Waals surface area contributed by atoms with E-state index in [0.29, 0.717) is 43.5 Å². The van der Waals surface area contributed by atoms with Gasteiger partial charge in [-0.3, -0.25) is 10.1 Å². The SMILES string of the molecule is CCOCCOc1cccc(NC(=S)NC(=O)c2cccc(OCC)c2)c1. The van der Waals surface area contributed by atoms with E-state index in [2.05, 4.69) is 10.6 Å². The van der Waals surface area contributed by atoms with E-state index in [1.807, 2.05) is 32.0 Å². The lowest BCUT2D eigenvalue weighted by Crippen LogP contribution is -2.34. The molecule has 0 aliphatic rings. The van der Waals surface area contributed by atoms with Crippen molar-refractivity contribution in [3.8, 4) is 11.5 Å². The smallest absolute Gasteiger partial charge is 0.257 e. The number of amides is 1. The topological polar surface area (TPSA) is 68.8 Å². The van der Waals surface area contributed by atoms with Gasteiger partial charge in [0.25, 0.3) is 5.91 Å². The summed E-state index contributed by atoms with van der Waals surface area (Å²) in [4.78, 5) is 12.3. The van der Waals surface area contributed by atoms with Crippen LogP contribution in [0.5, 0.6) is 11.5 Å². The molecule has 0 unspecified atom stereocenters. The molecule has 2 aromatic carbocycles. The molecule has 0 aliphatic heterocycles. The molecule has 7 heteroatoms. The Kier molecular flexibility index (Phi) is 8.54. The van der Waals surface area contributed by atoms with Crippen LogP contribution < -0.4 is 20.1 Å². The number of thiocarbonyl (C=S) groups is 1. The summed E-state index contributed by atoms with van der Waals surface area (Å²) in [6.45, 7) is 6.02. The number of carbonyl (C=O) groups is 1. The first-order valence-electron chi connectivity index (χ1n) is 8.78. The van der Waals surface area contributed by atoms with Crippen molar-refractivity contribution >= 4 is 28.9 Å². The fourth-order valence-corrected chi connectivity index (χ4v) is 2.47. The van der Waals surface area contributed by atoms with Crippen LogP contribution >= 0.6 is 12.2 Å². The van der Waals surface area contributed by atoms with Gasteiger partial charge in [0.15, 0.2) is 5.11 Å². The Bertz CT molecular complexity index is 767. The van der Waals surface area contributed by atoms with Crippen LogP contribution in [-0.4, -0.2) is 37.4 Å². The molecule has 0 aromatic heterocycles. The lowest BCUT2D eigenvalue weighted by atomic mass is 10.2. The van der Waals surface area contributed by atoms with E-state index in [4.69, 9.17) is 26.4 Å². The number of hydrogen-bond acceptors (Lipinski definition) is 5. The largest absolute Gasteiger partial charge is 0.494 e. The highest BCUT2D eigenvalue weighted by Gasteiger charge is 2.09. The molecule has 6 nitrogen and oxygen atoms in total. The van der Waals surface area contributed by atoms with Crippen LogP contribution in [0, 0.1) is 0 Å². The zero-order chi connectivity index (χ0) is 19.5. The van der Waals surface area contributed by atoms with Crippen molar-refractivity contribution in [3.63, 3.8) is 0 Å². The van der Waals surface area contributed by atoms with Gasteiger partial charge in [0.1, 0.15) is 18.1 Å². The number of carbonyl (C=O) groups excluding carboxylic acids is 1. The van der Waals surface area contributed by atoms with Crippen molar-refractivity contribution < 1.29 is 19.0 Å². The molecule has 2 N–H and O–H groups in total. The molecular formula is C20H24N2O4S. The first-order valence-corrected chi connectivity index (χ1v) is 9.19. The Morgan fingerprint density at radius 3 is 2.44 bits per heavy atom. The third-order valence-corrected chi connectivity index (χ3v) is 3.63. The molecule has 0 atom stereocenters. The first-order chi connectivity index (χ1) is 13.1. The van der Waals surface area contributed by atoms with Crippen molar-refractivity contribution in [2.75, 3.05) is 31.7 Å². The lowest BCUT2D eigenvalue weighted by Gasteiger charge is -2.12. The number of rotatable bonds is 9. The van der Waals surface area contributed by atoms with Gasteiger partial charge in [0.05, 0.1) is 13.2 Å². The van der Waals surface area contributed by atoms with Gasteiger partial charge in [-0.15, -0.1) is 0 Å². The molecule has 0 fully saturated rings. The van der Waals surface area contributed by atoms with E-state index >= 15 is 0 Å². The fourth-order valence-electron chi connectivity index (χ4n) is 2.26. The van der Waals surface area contributed by atoms with Crippen LogP contribution in [0.3, 0.4) is 0 Å². The van der Waals surface area contributed by atoms with Crippen LogP contribution in [0.1, 0.15) is 24.2 Å². The van der Waals surface area contributed by atoms with Crippen LogP contribution in [0.2, 0.25) is 0 Å². The predicted octanol–water partition coefficient (Wildman–Crippen LogP) is 3.63. The predicted molar refractivity (Wildman–Crippen MR) is 110 cm³/mol. The second-order valence-electron chi connectivity index (χ2n) is 5.44. The summed E-state index contributed by atoms with van der Waals surface area (Å²) >= 11 is 5.23. The van der Waals surface area contributed by atoms with Crippen LogP contribution in [0.4, 0.5) is 5.69 Å². The van der Waals surface area contributed by atoms with Gasteiger partial charge in [-0.1, -0.05) is 12.1 Å².